The lowest BCUT2D eigenvalue weighted by molar-refractivity contribution is 0.209. The number of hydrogen-bond acceptors (Lipinski definition) is 3. The number of nitrogens with two attached hydrogens (primary N) is 1. The first-order valence-electron chi connectivity index (χ1n) is 5.16. The molecule has 3 heteroatoms. The highest BCUT2D eigenvalue weighted by molar-refractivity contribution is 8.00. The van der Waals surface area contributed by atoms with Gasteiger partial charge in [0.05, 0.1) is 0 Å². The highest BCUT2D eigenvalue weighted by Gasteiger charge is 2.17. The molecule has 0 radical (unpaired) electrons. The second-order valence-electron chi connectivity index (χ2n) is 4.08. The van der Waals surface area contributed by atoms with Crippen LogP contribution in [0, 0.1) is 5.92 Å². The second-order valence-corrected chi connectivity index (χ2v) is 5.53. The van der Waals surface area contributed by atoms with Crippen molar-refractivity contribution in [3.05, 3.63) is 12.7 Å². The van der Waals surface area contributed by atoms with Crippen LogP contribution in [0.15, 0.2) is 12.7 Å². The van der Waals surface area contributed by atoms with Crippen LogP contribution < -0.4 is 5.73 Å². The van der Waals surface area contributed by atoms with Crippen LogP contribution in [0.5, 0.6) is 0 Å². The van der Waals surface area contributed by atoms with Crippen LogP contribution in [-0.4, -0.2) is 21.8 Å². The summed E-state index contributed by atoms with van der Waals surface area (Å²) in [5.41, 5.74) is 5.85. The Hall–Kier alpha value is 0.01000. The van der Waals surface area contributed by atoms with Gasteiger partial charge in [-0.05, 0) is 31.4 Å². The van der Waals surface area contributed by atoms with Crippen LogP contribution in [0.25, 0.3) is 0 Å². The summed E-state index contributed by atoms with van der Waals surface area (Å²) >= 11 is 1.52. The summed E-state index contributed by atoms with van der Waals surface area (Å²) in [6, 6.07) is 0.291. The molecular weight excluding hydrogens is 194 g/mol. The minimum atomic E-state index is -0.801. The molecule has 0 saturated heterocycles. The molecule has 3 N–H and O–H groups in total. The van der Waals surface area contributed by atoms with E-state index in [1.807, 2.05) is 0 Å². The minimum absolute atomic E-state index is 0.291. The Bertz CT molecular complexity index is 171. The van der Waals surface area contributed by atoms with Crippen LogP contribution >= 0.6 is 11.8 Å². The van der Waals surface area contributed by atoms with Crippen LogP contribution in [0.2, 0.25) is 0 Å². The van der Waals surface area contributed by atoms with Crippen molar-refractivity contribution in [2.24, 2.45) is 11.7 Å². The van der Waals surface area contributed by atoms with E-state index in [0.717, 1.165) is 18.6 Å². The first-order valence-corrected chi connectivity index (χ1v) is 6.15. The van der Waals surface area contributed by atoms with Crippen LogP contribution in [0.3, 0.4) is 0 Å². The van der Waals surface area contributed by atoms with Gasteiger partial charge < -0.3 is 10.8 Å². The molecule has 0 fully saturated rings. The molecule has 0 aromatic rings. The molecule has 0 saturated carbocycles. The van der Waals surface area contributed by atoms with Crippen LogP contribution in [0.4, 0.5) is 0 Å². The summed E-state index contributed by atoms with van der Waals surface area (Å²) in [5.74, 6) is 1.47. The van der Waals surface area contributed by atoms with Gasteiger partial charge in [0, 0.05) is 6.04 Å². The van der Waals surface area contributed by atoms with Crippen molar-refractivity contribution in [3.63, 3.8) is 0 Å². The van der Waals surface area contributed by atoms with Gasteiger partial charge in [0.1, 0.15) is 4.93 Å². The average Bonchev–Trinajstić information content (AvgIpc) is 2.15. The fraction of sp³-hybridized carbons (Fsp3) is 0.818. The molecule has 0 aromatic carbocycles. The van der Waals surface area contributed by atoms with E-state index in [1.54, 1.807) is 13.0 Å². The van der Waals surface area contributed by atoms with Crippen molar-refractivity contribution in [2.45, 2.75) is 44.6 Å². The normalized spacial score (nSPS) is 19.8. The molecule has 0 spiro atoms. The fourth-order valence-corrected chi connectivity index (χ4v) is 2.00. The Kier molecular flexibility index (Phi) is 6.49. The highest BCUT2D eigenvalue weighted by atomic mass is 32.2. The molecule has 0 rings (SSSR count). The van der Waals surface area contributed by atoms with Crippen molar-refractivity contribution in [3.8, 4) is 0 Å². The molecule has 0 aliphatic heterocycles. The molecule has 0 aliphatic carbocycles. The summed E-state index contributed by atoms with van der Waals surface area (Å²) in [5, 5.41) is 9.68. The molecule has 0 heterocycles. The topological polar surface area (TPSA) is 46.2 Å². The first-order chi connectivity index (χ1) is 6.41. The molecule has 0 amide bonds. The van der Waals surface area contributed by atoms with Crippen LogP contribution in [-0.2, 0) is 0 Å². The van der Waals surface area contributed by atoms with E-state index in [2.05, 4.69) is 20.4 Å². The fourth-order valence-electron chi connectivity index (χ4n) is 1.12. The highest BCUT2D eigenvalue weighted by Crippen LogP contribution is 2.26. The third-order valence-electron chi connectivity index (χ3n) is 2.27. The molecule has 84 valence electrons. The van der Waals surface area contributed by atoms with Crippen molar-refractivity contribution in [2.75, 3.05) is 5.75 Å². The van der Waals surface area contributed by atoms with E-state index >= 15 is 0 Å². The third-order valence-corrected chi connectivity index (χ3v) is 3.76. The zero-order chi connectivity index (χ0) is 11.2. The first kappa shape index (κ1) is 14.0. The Morgan fingerprint density at radius 1 is 1.64 bits per heavy atom. The average molecular weight is 217 g/mol. The van der Waals surface area contributed by atoms with Gasteiger partial charge in [-0.15, -0.1) is 11.8 Å². The van der Waals surface area contributed by atoms with Gasteiger partial charge in [-0.3, -0.25) is 0 Å². The van der Waals surface area contributed by atoms with E-state index in [0.29, 0.717) is 12.0 Å². The number of hydrogen-bond donors (Lipinski definition) is 2. The maximum Gasteiger partial charge on any atom is 0.126 e. The van der Waals surface area contributed by atoms with E-state index in [4.69, 9.17) is 5.73 Å². The van der Waals surface area contributed by atoms with Gasteiger partial charge in [-0.2, -0.15) is 0 Å². The zero-order valence-corrected chi connectivity index (χ0v) is 10.3. The minimum Gasteiger partial charge on any atom is -0.376 e. The number of rotatable bonds is 7. The summed E-state index contributed by atoms with van der Waals surface area (Å²) in [7, 11) is 0. The van der Waals surface area contributed by atoms with Crippen molar-refractivity contribution >= 4 is 11.8 Å². The maximum absolute atomic E-state index is 9.68. The Balaban J connectivity index is 3.73. The van der Waals surface area contributed by atoms with Gasteiger partial charge >= 0.3 is 0 Å². The zero-order valence-electron chi connectivity index (χ0n) is 9.49. The molecule has 0 aromatic heterocycles. The summed E-state index contributed by atoms with van der Waals surface area (Å²) < 4.78 is 0. The van der Waals surface area contributed by atoms with Crippen molar-refractivity contribution in [1.82, 2.24) is 0 Å². The van der Waals surface area contributed by atoms with Gasteiger partial charge in [0.2, 0.25) is 0 Å². The quantitative estimate of drug-likeness (QED) is 0.508. The Morgan fingerprint density at radius 2 is 2.21 bits per heavy atom. The Labute approximate surface area is 92.0 Å². The molecule has 3 unspecified atom stereocenters. The monoisotopic (exact) mass is 217 g/mol. The van der Waals surface area contributed by atoms with Gasteiger partial charge in [0.15, 0.2) is 0 Å². The molecule has 2 nitrogen and oxygen atoms in total. The van der Waals surface area contributed by atoms with Crippen molar-refractivity contribution < 1.29 is 5.11 Å². The predicted octanol–water partition coefficient (Wildman–Crippen LogP) is 2.38. The standard InChI is InChI=1S/C11H23NOS/c1-5-10(12)7-9(3)8-14-11(4,13)6-2/h6,9-10,13H,2,5,7-8,12H2,1,3-4H3. The predicted molar refractivity (Wildman–Crippen MR) is 65.3 cm³/mol. The Morgan fingerprint density at radius 3 is 2.64 bits per heavy atom. The molecular formula is C11H23NOS. The van der Waals surface area contributed by atoms with Crippen molar-refractivity contribution in [1.29, 1.82) is 0 Å². The van der Waals surface area contributed by atoms with Gasteiger partial charge in [-0.25, -0.2) is 0 Å². The van der Waals surface area contributed by atoms with Gasteiger partial charge in [0.25, 0.3) is 0 Å². The van der Waals surface area contributed by atoms with E-state index in [-0.39, 0.29) is 0 Å². The number of aliphatic hydroxyl groups is 1. The maximum atomic E-state index is 9.68. The molecule has 14 heavy (non-hydrogen) atoms. The lowest BCUT2D eigenvalue weighted by Crippen LogP contribution is -2.24. The van der Waals surface area contributed by atoms with E-state index < -0.39 is 4.93 Å². The smallest absolute Gasteiger partial charge is 0.126 e. The van der Waals surface area contributed by atoms with E-state index in [1.165, 1.54) is 11.8 Å². The summed E-state index contributed by atoms with van der Waals surface area (Å²) in [4.78, 5) is -0.801. The van der Waals surface area contributed by atoms with Gasteiger partial charge in [-0.1, -0.05) is 26.5 Å². The molecule has 0 aliphatic rings. The summed E-state index contributed by atoms with van der Waals surface area (Å²) in [6.07, 6.45) is 3.62. The third kappa shape index (κ3) is 6.46. The number of thioether (sulfide) groups is 1. The van der Waals surface area contributed by atoms with Crippen LogP contribution in [0.1, 0.15) is 33.6 Å². The van der Waals surface area contributed by atoms with E-state index in [9.17, 15) is 5.11 Å². The SMILES string of the molecule is C=CC(C)(O)SCC(C)CC(N)CC. The second kappa shape index (κ2) is 6.49. The molecule has 3 atom stereocenters. The summed E-state index contributed by atoms with van der Waals surface area (Å²) in [6.45, 7) is 9.62. The lowest BCUT2D eigenvalue weighted by atomic mass is 10.0. The largest absolute Gasteiger partial charge is 0.376 e. The molecule has 0 bridgehead atoms. The lowest BCUT2D eigenvalue weighted by Gasteiger charge is -2.21.